The van der Waals surface area contributed by atoms with Gasteiger partial charge < -0.3 is 9.72 Å². The summed E-state index contributed by atoms with van der Waals surface area (Å²) in [6, 6.07) is 13.3. The van der Waals surface area contributed by atoms with Gasteiger partial charge in [0.25, 0.3) is 0 Å². The number of hydrogen-bond donors (Lipinski definition) is 1. The molecule has 0 amide bonds. The average Bonchev–Trinajstić information content (AvgIpc) is 3.10. The maximum absolute atomic E-state index is 5.44. The van der Waals surface area contributed by atoms with Gasteiger partial charge in [-0.25, -0.2) is 0 Å². The van der Waals surface area contributed by atoms with Crippen LogP contribution in [0.15, 0.2) is 36.4 Å². The Morgan fingerprint density at radius 2 is 2.04 bits per heavy atom. The first-order valence-electron chi connectivity index (χ1n) is 8.65. The lowest BCUT2D eigenvalue weighted by Crippen LogP contribution is -2.44. The monoisotopic (exact) mass is 318 g/mol. The first-order valence-corrected chi connectivity index (χ1v) is 8.65. The molecule has 0 aliphatic carbocycles. The minimum atomic E-state index is -0.0544. The number of aryl methyl sites for hydroxylation is 1. The largest absolute Gasteiger partial charge is 0.497 e. The number of aromatic nitrogens is 1. The van der Waals surface area contributed by atoms with Crippen molar-refractivity contribution in [2.45, 2.75) is 32.4 Å². The quantitative estimate of drug-likeness (QED) is 0.731. The lowest BCUT2D eigenvalue weighted by molar-refractivity contribution is 0.141. The number of nitrogens with one attached hydrogen (secondary N) is 1. The van der Waals surface area contributed by atoms with Crippen molar-refractivity contribution in [1.82, 2.24) is 9.88 Å². The van der Waals surface area contributed by atoms with E-state index in [1.165, 1.54) is 38.9 Å². The van der Waals surface area contributed by atoms with E-state index in [0.717, 1.165) is 25.3 Å². The smallest absolute Gasteiger partial charge is 0.119 e. The highest BCUT2D eigenvalue weighted by Gasteiger charge is 2.47. The summed E-state index contributed by atoms with van der Waals surface area (Å²) in [4.78, 5) is 6.36. The summed E-state index contributed by atoms with van der Waals surface area (Å²) in [5.41, 5.74) is 8.24. The molecular formula is C21H22N2O. The molecule has 3 heteroatoms. The van der Waals surface area contributed by atoms with Crippen LogP contribution >= 0.6 is 0 Å². The molecule has 0 fully saturated rings. The van der Waals surface area contributed by atoms with Crippen LogP contribution in [0.25, 0.3) is 10.9 Å². The van der Waals surface area contributed by atoms with Crippen molar-refractivity contribution in [2.24, 2.45) is 0 Å². The topological polar surface area (TPSA) is 28.3 Å². The zero-order valence-corrected chi connectivity index (χ0v) is 14.4. The van der Waals surface area contributed by atoms with E-state index in [1.54, 1.807) is 7.11 Å². The Hall–Kier alpha value is -2.26. The van der Waals surface area contributed by atoms with Gasteiger partial charge in [0, 0.05) is 29.7 Å². The molecule has 1 aromatic heterocycles. The summed E-state index contributed by atoms with van der Waals surface area (Å²) >= 11 is 0. The van der Waals surface area contributed by atoms with Gasteiger partial charge in [0.05, 0.1) is 12.6 Å². The Balaban J connectivity index is 1.79. The van der Waals surface area contributed by atoms with Gasteiger partial charge in [-0.2, -0.15) is 0 Å². The number of fused-ring (bicyclic) bond motifs is 7. The van der Waals surface area contributed by atoms with Crippen LogP contribution in [0.4, 0.5) is 0 Å². The third-order valence-electron chi connectivity index (χ3n) is 6.02. The molecule has 0 saturated carbocycles. The first-order chi connectivity index (χ1) is 11.6. The molecule has 1 atom stereocenters. The number of hydrogen-bond acceptors (Lipinski definition) is 2. The second kappa shape index (κ2) is 4.64. The Bertz CT molecular complexity index is 971. The summed E-state index contributed by atoms with van der Waals surface area (Å²) < 4.78 is 5.44. The Kier molecular flexibility index (Phi) is 2.73. The van der Waals surface area contributed by atoms with Gasteiger partial charge in [0.1, 0.15) is 5.75 Å². The first kappa shape index (κ1) is 14.1. The van der Waals surface area contributed by atoms with Crippen LogP contribution in [-0.2, 0) is 18.5 Å². The standard InChI is InChI=1S/C21H22N2O/c1-13-4-5-14-12-23-9-8-16-17-11-15(24-3)6-7-19(17)22-20(16)21(23,2)18(14)10-13/h4-7,10-11,22H,8-9,12H2,1-3H3. The second-order valence-corrected chi connectivity index (χ2v) is 7.29. The Morgan fingerprint density at radius 3 is 2.88 bits per heavy atom. The van der Waals surface area contributed by atoms with Gasteiger partial charge in [-0.1, -0.05) is 23.8 Å². The van der Waals surface area contributed by atoms with Crippen LogP contribution in [0.2, 0.25) is 0 Å². The molecule has 0 bridgehead atoms. The lowest BCUT2D eigenvalue weighted by atomic mass is 9.82. The predicted molar refractivity (Wildman–Crippen MR) is 96.6 cm³/mol. The molecule has 2 aromatic carbocycles. The predicted octanol–water partition coefficient (Wildman–Crippen LogP) is 4.12. The number of H-pyrrole nitrogens is 1. The molecule has 0 radical (unpaired) electrons. The molecule has 24 heavy (non-hydrogen) atoms. The van der Waals surface area contributed by atoms with E-state index in [9.17, 15) is 0 Å². The molecule has 2 aliphatic rings. The summed E-state index contributed by atoms with van der Waals surface area (Å²) in [5, 5.41) is 1.31. The van der Waals surface area contributed by atoms with Crippen LogP contribution in [-0.4, -0.2) is 23.5 Å². The third kappa shape index (κ3) is 1.65. The highest BCUT2D eigenvalue weighted by Crippen LogP contribution is 2.49. The van der Waals surface area contributed by atoms with Gasteiger partial charge in [0.2, 0.25) is 0 Å². The van der Waals surface area contributed by atoms with Crippen molar-refractivity contribution in [3.63, 3.8) is 0 Å². The van der Waals surface area contributed by atoms with Gasteiger partial charge in [-0.05, 0) is 55.2 Å². The summed E-state index contributed by atoms with van der Waals surface area (Å²) in [6.45, 7) is 6.71. The normalized spacial score (nSPS) is 22.3. The number of benzene rings is 2. The zero-order valence-electron chi connectivity index (χ0n) is 14.4. The van der Waals surface area contributed by atoms with Gasteiger partial charge >= 0.3 is 0 Å². The van der Waals surface area contributed by atoms with E-state index in [4.69, 9.17) is 4.74 Å². The SMILES string of the molecule is COc1ccc2[nH]c3c(c2c1)CCN1Cc2ccc(C)cc2C31C. The fraction of sp³-hybridized carbons (Fsp3) is 0.333. The van der Waals surface area contributed by atoms with Gasteiger partial charge in [-0.15, -0.1) is 0 Å². The van der Waals surface area contributed by atoms with E-state index in [-0.39, 0.29) is 5.54 Å². The number of nitrogens with zero attached hydrogens (tertiary/aromatic N) is 1. The zero-order chi connectivity index (χ0) is 16.5. The summed E-state index contributed by atoms with van der Waals surface area (Å²) in [6.07, 6.45) is 1.09. The molecule has 1 N–H and O–H groups in total. The van der Waals surface area contributed by atoms with Crippen LogP contribution < -0.4 is 4.74 Å². The minimum absolute atomic E-state index is 0.0544. The van der Waals surface area contributed by atoms with Crippen LogP contribution in [0.3, 0.4) is 0 Å². The van der Waals surface area contributed by atoms with Crippen LogP contribution in [0.1, 0.15) is 34.9 Å². The molecule has 3 nitrogen and oxygen atoms in total. The van der Waals surface area contributed by atoms with Crippen molar-refractivity contribution in [2.75, 3.05) is 13.7 Å². The summed E-state index contributed by atoms with van der Waals surface area (Å²) in [5.74, 6) is 0.930. The minimum Gasteiger partial charge on any atom is -0.497 e. The van der Waals surface area contributed by atoms with E-state index in [0.29, 0.717) is 0 Å². The number of rotatable bonds is 1. The Labute approximate surface area is 142 Å². The van der Waals surface area contributed by atoms with Crippen LogP contribution in [0.5, 0.6) is 5.75 Å². The van der Waals surface area contributed by atoms with E-state index in [1.807, 2.05) is 6.07 Å². The molecular weight excluding hydrogens is 296 g/mol. The Morgan fingerprint density at radius 1 is 1.17 bits per heavy atom. The number of ether oxygens (including phenoxy) is 1. The number of methoxy groups -OCH3 is 1. The van der Waals surface area contributed by atoms with E-state index >= 15 is 0 Å². The molecule has 5 rings (SSSR count). The molecule has 0 spiro atoms. The highest BCUT2D eigenvalue weighted by atomic mass is 16.5. The third-order valence-corrected chi connectivity index (χ3v) is 6.02. The fourth-order valence-electron chi connectivity index (χ4n) is 4.69. The number of aromatic amines is 1. The van der Waals surface area contributed by atoms with Crippen molar-refractivity contribution in [3.8, 4) is 5.75 Å². The highest BCUT2D eigenvalue weighted by molar-refractivity contribution is 5.87. The molecule has 3 heterocycles. The van der Waals surface area contributed by atoms with Crippen molar-refractivity contribution >= 4 is 10.9 Å². The maximum atomic E-state index is 5.44. The van der Waals surface area contributed by atoms with Crippen LogP contribution in [0, 0.1) is 6.92 Å². The molecule has 0 saturated heterocycles. The lowest BCUT2D eigenvalue weighted by Gasteiger charge is -2.40. The summed E-state index contributed by atoms with van der Waals surface area (Å²) in [7, 11) is 1.74. The van der Waals surface area contributed by atoms with Crippen molar-refractivity contribution in [3.05, 3.63) is 64.3 Å². The molecule has 122 valence electrons. The maximum Gasteiger partial charge on any atom is 0.119 e. The molecule has 1 unspecified atom stereocenters. The van der Waals surface area contributed by atoms with E-state index < -0.39 is 0 Å². The fourth-order valence-corrected chi connectivity index (χ4v) is 4.69. The van der Waals surface area contributed by atoms with Gasteiger partial charge in [0.15, 0.2) is 0 Å². The molecule has 3 aromatic rings. The van der Waals surface area contributed by atoms with Crippen molar-refractivity contribution in [1.29, 1.82) is 0 Å². The second-order valence-electron chi connectivity index (χ2n) is 7.29. The van der Waals surface area contributed by atoms with E-state index in [2.05, 4.69) is 54.1 Å². The molecule has 2 aliphatic heterocycles. The van der Waals surface area contributed by atoms with Gasteiger partial charge in [-0.3, -0.25) is 4.90 Å². The average molecular weight is 318 g/mol. The van der Waals surface area contributed by atoms with Crippen molar-refractivity contribution < 1.29 is 4.74 Å².